The molecular formula is C17H18BrFN2OS. The summed E-state index contributed by atoms with van der Waals surface area (Å²) in [6.07, 6.45) is 0. The van der Waals surface area contributed by atoms with E-state index in [0.717, 1.165) is 20.8 Å². The quantitative estimate of drug-likeness (QED) is 0.852. The molecule has 23 heavy (non-hydrogen) atoms. The highest BCUT2D eigenvalue weighted by Gasteiger charge is 2.31. The van der Waals surface area contributed by atoms with Gasteiger partial charge in [0, 0.05) is 24.5 Å². The number of hydrogen-bond donors (Lipinski definition) is 1. The Kier molecular flexibility index (Phi) is 5.14. The fourth-order valence-electron chi connectivity index (χ4n) is 2.91. The smallest absolute Gasteiger partial charge is 0.231 e. The topological polar surface area (TPSA) is 32.3 Å². The summed E-state index contributed by atoms with van der Waals surface area (Å²) < 4.78 is 14.6. The summed E-state index contributed by atoms with van der Waals surface area (Å²) in [5.74, 6) is -0.369. The van der Waals surface area contributed by atoms with E-state index in [-0.39, 0.29) is 23.7 Å². The number of amides is 1. The van der Waals surface area contributed by atoms with Crippen molar-refractivity contribution in [3.63, 3.8) is 0 Å². The predicted octanol–water partition coefficient (Wildman–Crippen LogP) is 3.93. The van der Waals surface area contributed by atoms with Crippen LogP contribution in [0.1, 0.15) is 29.3 Å². The first-order valence-corrected chi connectivity index (χ1v) is 9.19. The van der Waals surface area contributed by atoms with Crippen LogP contribution in [0.25, 0.3) is 0 Å². The van der Waals surface area contributed by atoms with E-state index in [0.29, 0.717) is 13.1 Å². The molecule has 2 atom stereocenters. The summed E-state index contributed by atoms with van der Waals surface area (Å²) in [6.45, 7) is 3.98. The van der Waals surface area contributed by atoms with Crippen LogP contribution in [0.3, 0.4) is 0 Å². The van der Waals surface area contributed by atoms with E-state index in [2.05, 4.69) is 21.2 Å². The lowest BCUT2D eigenvalue weighted by Crippen LogP contribution is -2.49. The molecule has 1 N–H and O–H groups in total. The normalized spacial score (nSPS) is 19.6. The first-order chi connectivity index (χ1) is 11.1. The molecule has 1 aliphatic rings. The Balaban J connectivity index is 1.84. The predicted molar refractivity (Wildman–Crippen MR) is 94.2 cm³/mol. The number of hydrogen-bond acceptors (Lipinski definition) is 3. The highest BCUT2D eigenvalue weighted by molar-refractivity contribution is 9.11. The average Bonchev–Trinajstić information content (AvgIpc) is 3.00. The number of nitrogens with one attached hydrogen (secondary N) is 1. The van der Waals surface area contributed by atoms with Crippen molar-refractivity contribution >= 4 is 33.2 Å². The maximum Gasteiger partial charge on any atom is 0.231 e. The second-order valence-electron chi connectivity index (χ2n) is 5.67. The molecule has 0 spiro atoms. The van der Waals surface area contributed by atoms with Gasteiger partial charge >= 0.3 is 0 Å². The van der Waals surface area contributed by atoms with E-state index < -0.39 is 0 Å². The molecule has 0 radical (unpaired) electrons. The second kappa shape index (κ2) is 7.11. The van der Waals surface area contributed by atoms with Gasteiger partial charge in [-0.2, -0.15) is 0 Å². The fourth-order valence-corrected chi connectivity index (χ4v) is 4.38. The van der Waals surface area contributed by atoms with Crippen LogP contribution in [0, 0.1) is 5.82 Å². The molecule has 1 saturated heterocycles. The molecule has 2 aromatic rings. The molecule has 3 nitrogen and oxygen atoms in total. The van der Waals surface area contributed by atoms with Crippen LogP contribution >= 0.6 is 27.3 Å². The summed E-state index contributed by atoms with van der Waals surface area (Å²) >= 11 is 5.03. The Morgan fingerprint density at radius 2 is 2.26 bits per heavy atom. The standard InChI is InChI=1S/C17H18BrFN2OS/c1-11(15-5-6-16(18)23-15)17(22)21-8-7-20-10-14(21)12-3-2-4-13(19)9-12/h2-6,9,11,14,20H,7-8,10H2,1H3. The Morgan fingerprint density at radius 1 is 1.43 bits per heavy atom. The Bertz CT molecular complexity index is 705. The zero-order valence-corrected chi connectivity index (χ0v) is 15.2. The molecule has 2 heterocycles. The first kappa shape index (κ1) is 16.6. The van der Waals surface area contributed by atoms with E-state index >= 15 is 0 Å². The molecule has 3 rings (SSSR count). The van der Waals surface area contributed by atoms with Crippen LogP contribution in [0.15, 0.2) is 40.2 Å². The van der Waals surface area contributed by atoms with Crippen molar-refractivity contribution in [2.24, 2.45) is 0 Å². The minimum absolute atomic E-state index is 0.0927. The zero-order valence-electron chi connectivity index (χ0n) is 12.8. The van der Waals surface area contributed by atoms with E-state index in [4.69, 9.17) is 0 Å². The lowest BCUT2D eigenvalue weighted by molar-refractivity contribution is -0.135. The monoisotopic (exact) mass is 396 g/mol. The summed E-state index contributed by atoms with van der Waals surface area (Å²) in [5, 5.41) is 3.30. The fraction of sp³-hybridized carbons (Fsp3) is 0.353. The molecule has 2 unspecified atom stereocenters. The van der Waals surface area contributed by atoms with E-state index in [1.807, 2.05) is 30.0 Å². The molecule has 0 aliphatic carbocycles. The molecule has 1 fully saturated rings. The van der Waals surface area contributed by atoms with Gasteiger partial charge in [0.25, 0.3) is 0 Å². The van der Waals surface area contributed by atoms with E-state index in [1.165, 1.54) is 12.1 Å². The maximum atomic E-state index is 13.5. The van der Waals surface area contributed by atoms with Crippen molar-refractivity contribution in [2.75, 3.05) is 19.6 Å². The molecular weight excluding hydrogens is 379 g/mol. The van der Waals surface area contributed by atoms with Gasteiger partial charge in [-0.1, -0.05) is 12.1 Å². The van der Waals surface area contributed by atoms with Gasteiger partial charge in [0.2, 0.25) is 5.91 Å². The SMILES string of the molecule is CC(C(=O)N1CCNCC1c1cccc(F)c1)c1ccc(Br)s1. The van der Waals surface area contributed by atoms with Gasteiger partial charge in [-0.3, -0.25) is 4.79 Å². The van der Waals surface area contributed by atoms with Crippen molar-refractivity contribution in [1.29, 1.82) is 0 Å². The molecule has 1 amide bonds. The highest BCUT2D eigenvalue weighted by Crippen LogP contribution is 2.32. The second-order valence-corrected chi connectivity index (χ2v) is 8.16. The van der Waals surface area contributed by atoms with Gasteiger partial charge < -0.3 is 10.2 Å². The third kappa shape index (κ3) is 3.65. The number of piperazine rings is 1. The van der Waals surface area contributed by atoms with Gasteiger partial charge in [-0.05, 0) is 52.7 Å². The number of carbonyl (C=O) groups excluding carboxylic acids is 1. The number of carbonyl (C=O) groups is 1. The Morgan fingerprint density at radius 3 is 2.96 bits per heavy atom. The zero-order chi connectivity index (χ0) is 16.4. The van der Waals surface area contributed by atoms with Crippen LogP contribution in [0.2, 0.25) is 0 Å². The Hall–Kier alpha value is -1.24. The van der Waals surface area contributed by atoms with Gasteiger partial charge in [-0.25, -0.2) is 4.39 Å². The summed E-state index contributed by atoms with van der Waals surface area (Å²) in [6, 6.07) is 10.3. The van der Waals surface area contributed by atoms with Crippen molar-refractivity contribution in [1.82, 2.24) is 10.2 Å². The summed E-state index contributed by atoms with van der Waals surface area (Å²) in [7, 11) is 0. The number of thiophene rings is 1. The van der Waals surface area contributed by atoms with Gasteiger partial charge in [-0.15, -0.1) is 11.3 Å². The molecule has 1 aromatic carbocycles. The maximum absolute atomic E-state index is 13.5. The lowest BCUT2D eigenvalue weighted by Gasteiger charge is -2.38. The molecule has 0 bridgehead atoms. The number of rotatable bonds is 3. The van der Waals surface area contributed by atoms with Crippen molar-refractivity contribution in [3.8, 4) is 0 Å². The highest BCUT2D eigenvalue weighted by atomic mass is 79.9. The van der Waals surface area contributed by atoms with E-state index in [1.54, 1.807) is 17.4 Å². The van der Waals surface area contributed by atoms with Gasteiger partial charge in [0.05, 0.1) is 15.7 Å². The van der Waals surface area contributed by atoms with Crippen molar-refractivity contribution in [3.05, 3.63) is 56.4 Å². The first-order valence-electron chi connectivity index (χ1n) is 7.58. The van der Waals surface area contributed by atoms with Crippen molar-refractivity contribution < 1.29 is 9.18 Å². The van der Waals surface area contributed by atoms with Crippen LogP contribution in [0.4, 0.5) is 4.39 Å². The van der Waals surface area contributed by atoms with Crippen molar-refractivity contribution in [2.45, 2.75) is 18.9 Å². The molecule has 6 heteroatoms. The molecule has 1 aromatic heterocycles. The van der Waals surface area contributed by atoms with Crippen LogP contribution in [-0.4, -0.2) is 30.4 Å². The third-order valence-electron chi connectivity index (χ3n) is 4.15. The summed E-state index contributed by atoms with van der Waals surface area (Å²) in [5.41, 5.74) is 0.838. The number of nitrogens with zero attached hydrogens (tertiary/aromatic N) is 1. The largest absolute Gasteiger partial charge is 0.333 e. The summed E-state index contributed by atoms with van der Waals surface area (Å²) in [4.78, 5) is 15.9. The third-order valence-corrected chi connectivity index (χ3v) is 5.96. The van der Waals surface area contributed by atoms with Crippen LogP contribution < -0.4 is 5.32 Å². The van der Waals surface area contributed by atoms with Gasteiger partial charge in [0.15, 0.2) is 0 Å². The molecule has 1 aliphatic heterocycles. The molecule has 122 valence electrons. The number of benzene rings is 1. The minimum Gasteiger partial charge on any atom is -0.333 e. The lowest BCUT2D eigenvalue weighted by atomic mass is 10.00. The Labute approximate surface area is 147 Å². The van der Waals surface area contributed by atoms with Gasteiger partial charge in [0.1, 0.15) is 5.82 Å². The van der Waals surface area contributed by atoms with E-state index in [9.17, 15) is 9.18 Å². The van der Waals surface area contributed by atoms with Crippen LogP contribution in [-0.2, 0) is 4.79 Å². The average molecular weight is 397 g/mol. The van der Waals surface area contributed by atoms with Crippen LogP contribution in [0.5, 0.6) is 0 Å². The minimum atomic E-state index is -0.268. The molecule has 0 saturated carbocycles. The number of halogens is 2.